The summed E-state index contributed by atoms with van der Waals surface area (Å²) in [5, 5.41) is 4.44. The highest BCUT2D eigenvalue weighted by atomic mass is 32.2. The lowest BCUT2D eigenvalue weighted by molar-refractivity contribution is 0.539. The fourth-order valence-corrected chi connectivity index (χ4v) is 2.14. The summed E-state index contributed by atoms with van der Waals surface area (Å²) in [6, 6.07) is 2.06. The number of rotatable bonds is 6. The van der Waals surface area contributed by atoms with Crippen molar-refractivity contribution < 1.29 is 0 Å². The second kappa shape index (κ2) is 6.98. The van der Waals surface area contributed by atoms with Crippen LogP contribution in [0.3, 0.4) is 0 Å². The second-order valence-electron chi connectivity index (χ2n) is 5.44. The molecule has 0 atom stereocenters. The van der Waals surface area contributed by atoms with Gasteiger partial charge in [0.1, 0.15) is 16.7 Å². The zero-order valence-electron chi connectivity index (χ0n) is 12.2. The molecule has 4 heteroatoms. The van der Waals surface area contributed by atoms with Gasteiger partial charge in [0.2, 0.25) is 0 Å². The molecule has 18 heavy (non-hydrogen) atoms. The van der Waals surface area contributed by atoms with Gasteiger partial charge in [0.05, 0.1) is 0 Å². The van der Waals surface area contributed by atoms with Crippen molar-refractivity contribution in [2.24, 2.45) is 0 Å². The van der Waals surface area contributed by atoms with Gasteiger partial charge in [-0.1, -0.05) is 34.6 Å². The first kappa shape index (κ1) is 15.3. The Balaban J connectivity index is 2.96. The average Bonchev–Trinajstić information content (AvgIpc) is 2.32. The third-order valence-electron chi connectivity index (χ3n) is 2.38. The zero-order valence-corrected chi connectivity index (χ0v) is 13.0. The van der Waals surface area contributed by atoms with E-state index >= 15 is 0 Å². The number of hydrogen-bond acceptors (Lipinski definition) is 4. The Morgan fingerprint density at radius 2 is 1.89 bits per heavy atom. The number of nitrogens with zero attached hydrogens (tertiary/aromatic N) is 2. The van der Waals surface area contributed by atoms with Crippen molar-refractivity contribution in [2.45, 2.75) is 57.9 Å². The minimum absolute atomic E-state index is 0.00850. The maximum absolute atomic E-state index is 4.66. The van der Waals surface area contributed by atoms with Gasteiger partial charge in [-0.2, -0.15) is 0 Å². The van der Waals surface area contributed by atoms with Crippen LogP contribution >= 0.6 is 11.8 Å². The lowest BCUT2D eigenvalue weighted by atomic mass is 9.96. The lowest BCUT2D eigenvalue weighted by Gasteiger charge is -2.18. The summed E-state index contributed by atoms with van der Waals surface area (Å²) in [6.45, 7) is 11.8. The molecule has 0 amide bonds. The summed E-state index contributed by atoms with van der Waals surface area (Å²) in [5.74, 6) is 2.98. The van der Waals surface area contributed by atoms with E-state index in [2.05, 4.69) is 56.0 Å². The van der Waals surface area contributed by atoms with Crippen LogP contribution in [0.1, 0.15) is 53.3 Å². The Hall–Kier alpha value is -0.770. The summed E-state index contributed by atoms with van der Waals surface area (Å²) >= 11 is 1.81. The van der Waals surface area contributed by atoms with Crippen molar-refractivity contribution in [1.82, 2.24) is 9.97 Å². The molecule has 1 rings (SSSR count). The van der Waals surface area contributed by atoms with Gasteiger partial charge in [-0.3, -0.25) is 0 Å². The molecule has 0 fully saturated rings. The fraction of sp³-hybridized carbons (Fsp3) is 0.714. The standard InChI is InChI=1S/C14H25N3S/c1-6-8-15-11-10-12(18-9-7-2)17-13(16-11)14(3,4)5/h10H,6-9H2,1-5H3,(H,15,16,17). The van der Waals surface area contributed by atoms with Crippen LogP contribution in [-0.4, -0.2) is 22.3 Å². The highest BCUT2D eigenvalue weighted by Crippen LogP contribution is 2.25. The molecule has 1 aromatic rings. The smallest absolute Gasteiger partial charge is 0.137 e. The number of hydrogen-bond donors (Lipinski definition) is 1. The molecule has 0 aliphatic carbocycles. The Labute approximate surface area is 115 Å². The molecule has 0 aliphatic heterocycles. The number of anilines is 1. The molecule has 0 unspecified atom stereocenters. The summed E-state index contributed by atoms with van der Waals surface area (Å²) in [5.41, 5.74) is -0.00850. The fourth-order valence-electron chi connectivity index (χ4n) is 1.38. The van der Waals surface area contributed by atoms with Crippen LogP contribution in [0, 0.1) is 0 Å². The van der Waals surface area contributed by atoms with E-state index in [0.717, 1.165) is 41.8 Å². The molecular formula is C14H25N3S. The first-order valence-corrected chi connectivity index (χ1v) is 7.72. The van der Waals surface area contributed by atoms with Crippen LogP contribution < -0.4 is 5.32 Å². The number of aromatic nitrogens is 2. The van der Waals surface area contributed by atoms with Gasteiger partial charge >= 0.3 is 0 Å². The Morgan fingerprint density at radius 1 is 1.17 bits per heavy atom. The molecule has 0 saturated carbocycles. The van der Waals surface area contributed by atoms with Crippen LogP contribution in [0.25, 0.3) is 0 Å². The third-order valence-corrected chi connectivity index (χ3v) is 3.50. The van der Waals surface area contributed by atoms with Crippen molar-refractivity contribution in [3.8, 4) is 0 Å². The molecular weight excluding hydrogens is 242 g/mol. The van der Waals surface area contributed by atoms with E-state index in [1.165, 1.54) is 0 Å². The molecule has 0 radical (unpaired) electrons. The van der Waals surface area contributed by atoms with Gasteiger partial charge in [-0.15, -0.1) is 11.8 Å². The van der Waals surface area contributed by atoms with Gasteiger partial charge in [0.15, 0.2) is 0 Å². The van der Waals surface area contributed by atoms with E-state index in [9.17, 15) is 0 Å². The molecule has 0 saturated heterocycles. The SMILES string of the molecule is CCCNc1cc(SCCC)nc(C(C)(C)C)n1. The first-order chi connectivity index (χ1) is 8.47. The third kappa shape index (κ3) is 4.84. The largest absolute Gasteiger partial charge is 0.370 e. The van der Waals surface area contributed by atoms with Crippen molar-refractivity contribution >= 4 is 17.6 Å². The van der Waals surface area contributed by atoms with E-state index in [-0.39, 0.29) is 5.41 Å². The van der Waals surface area contributed by atoms with Gasteiger partial charge < -0.3 is 5.32 Å². The molecule has 1 heterocycles. The van der Waals surface area contributed by atoms with Crippen molar-refractivity contribution in [2.75, 3.05) is 17.6 Å². The summed E-state index contributed by atoms with van der Waals surface area (Å²) in [4.78, 5) is 9.28. The van der Waals surface area contributed by atoms with Gasteiger partial charge in [0, 0.05) is 18.0 Å². The van der Waals surface area contributed by atoms with Crippen molar-refractivity contribution in [3.05, 3.63) is 11.9 Å². The maximum atomic E-state index is 4.66. The minimum atomic E-state index is -0.00850. The van der Waals surface area contributed by atoms with Crippen LogP contribution in [0.2, 0.25) is 0 Å². The topological polar surface area (TPSA) is 37.8 Å². The van der Waals surface area contributed by atoms with Crippen LogP contribution in [0.15, 0.2) is 11.1 Å². The summed E-state index contributed by atoms with van der Waals surface area (Å²) in [7, 11) is 0. The van der Waals surface area contributed by atoms with E-state index in [1.54, 1.807) is 0 Å². The Morgan fingerprint density at radius 3 is 2.44 bits per heavy atom. The predicted molar refractivity (Wildman–Crippen MR) is 80.5 cm³/mol. The molecule has 0 bridgehead atoms. The predicted octanol–water partition coefficient (Wildman–Crippen LogP) is 4.10. The lowest BCUT2D eigenvalue weighted by Crippen LogP contribution is -2.18. The first-order valence-electron chi connectivity index (χ1n) is 6.73. The maximum Gasteiger partial charge on any atom is 0.137 e. The summed E-state index contributed by atoms with van der Waals surface area (Å²) in [6.07, 6.45) is 2.27. The summed E-state index contributed by atoms with van der Waals surface area (Å²) < 4.78 is 0. The van der Waals surface area contributed by atoms with E-state index in [4.69, 9.17) is 0 Å². The monoisotopic (exact) mass is 267 g/mol. The van der Waals surface area contributed by atoms with E-state index in [1.807, 2.05) is 11.8 Å². The molecule has 0 aliphatic rings. The number of thioether (sulfide) groups is 1. The van der Waals surface area contributed by atoms with Gasteiger partial charge in [0.25, 0.3) is 0 Å². The minimum Gasteiger partial charge on any atom is -0.370 e. The Kier molecular flexibility index (Phi) is 5.93. The van der Waals surface area contributed by atoms with Crippen molar-refractivity contribution in [3.63, 3.8) is 0 Å². The molecule has 102 valence electrons. The van der Waals surface area contributed by atoms with Gasteiger partial charge in [-0.05, 0) is 18.6 Å². The normalized spacial score (nSPS) is 11.6. The molecule has 1 aromatic heterocycles. The molecule has 0 spiro atoms. The van der Waals surface area contributed by atoms with Crippen LogP contribution in [0.5, 0.6) is 0 Å². The quantitative estimate of drug-likeness (QED) is 0.622. The number of nitrogens with one attached hydrogen (secondary N) is 1. The average molecular weight is 267 g/mol. The Bertz CT molecular complexity index is 346. The highest BCUT2D eigenvalue weighted by Gasteiger charge is 2.19. The molecule has 0 aromatic carbocycles. The second-order valence-corrected chi connectivity index (χ2v) is 6.56. The van der Waals surface area contributed by atoms with Gasteiger partial charge in [-0.25, -0.2) is 9.97 Å². The zero-order chi connectivity index (χ0) is 13.6. The van der Waals surface area contributed by atoms with Crippen LogP contribution in [0.4, 0.5) is 5.82 Å². The molecule has 1 N–H and O–H groups in total. The molecule has 3 nitrogen and oxygen atoms in total. The van der Waals surface area contributed by atoms with E-state index in [0.29, 0.717) is 0 Å². The van der Waals surface area contributed by atoms with Crippen LogP contribution in [-0.2, 0) is 5.41 Å². The highest BCUT2D eigenvalue weighted by molar-refractivity contribution is 7.99. The van der Waals surface area contributed by atoms with Crippen molar-refractivity contribution in [1.29, 1.82) is 0 Å². The van der Waals surface area contributed by atoms with E-state index < -0.39 is 0 Å².